The largest absolute Gasteiger partial charge is 0.448 e. The molecule has 0 aliphatic rings. The highest BCUT2D eigenvalue weighted by atomic mass is 32.1. The molecule has 0 aromatic carbocycles. The summed E-state index contributed by atoms with van der Waals surface area (Å²) >= 11 is 9.49. The molecule has 0 amide bonds. The van der Waals surface area contributed by atoms with E-state index in [1.807, 2.05) is 283 Å². The molecule has 296 valence electrons. The van der Waals surface area contributed by atoms with E-state index >= 15 is 0 Å². The second-order valence-corrected chi connectivity index (χ2v) is 14.6. The van der Waals surface area contributed by atoms with Gasteiger partial charge in [0.2, 0.25) is 0 Å². The maximum atomic E-state index is 8.57. The average molecular weight is 881 g/mol. The lowest BCUT2D eigenvalue weighted by molar-refractivity contribution is 0.608. The standard InChI is InChI=1S/6C8H8S.H2NOS/c6*1-2-4-6-8-9-7-5-3-1;1-3-2/h6*1-8H;1,3H/q;;;;;;-1. The van der Waals surface area contributed by atoms with Gasteiger partial charge < -0.3 is 8.99 Å². The monoisotopic (exact) mass is 880 g/mol. The van der Waals surface area contributed by atoms with Gasteiger partial charge in [-0.05, 0) is 64.6 Å². The first-order valence-electron chi connectivity index (χ1n) is 17.2. The molecule has 0 saturated heterocycles. The van der Waals surface area contributed by atoms with E-state index in [9.17, 15) is 0 Å². The Hall–Kier alpha value is -4.97. The van der Waals surface area contributed by atoms with Gasteiger partial charge in [-0.15, -0.1) is 0 Å². The van der Waals surface area contributed by atoms with Crippen LogP contribution < -0.4 is 0 Å². The van der Waals surface area contributed by atoms with Crippen LogP contribution in [0.5, 0.6) is 0 Å². The van der Waals surface area contributed by atoms with Gasteiger partial charge in [0, 0.05) is 0 Å². The zero-order valence-corrected chi connectivity index (χ0v) is 37.3. The van der Waals surface area contributed by atoms with E-state index in [0.717, 1.165) is 0 Å². The highest BCUT2D eigenvalue weighted by Gasteiger charge is 1.63. The van der Waals surface area contributed by atoms with Crippen LogP contribution in [0.1, 0.15) is 0 Å². The van der Waals surface area contributed by atoms with Crippen LogP contribution in [-0.2, 0) is 15.7 Å². The molecule has 6 aromatic heterocycles. The van der Waals surface area contributed by atoms with Gasteiger partial charge in [0.15, 0.2) is 0 Å². The van der Waals surface area contributed by atoms with E-state index in [2.05, 4.69) is 0 Å². The summed E-state index contributed by atoms with van der Waals surface area (Å²) < 4.78 is 14.2. The third-order valence-electron chi connectivity index (χ3n) is 5.22. The van der Waals surface area contributed by atoms with Crippen molar-refractivity contribution in [1.29, 1.82) is 4.78 Å². The number of hydrogen-bond donors (Lipinski definition) is 1. The fourth-order valence-corrected chi connectivity index (χ4v) is 5.62. The SMILES string of the molecule is N=[SH-]=O.c1ccccsccc1.c1ccccsccc1.c1ccccsccc1.c1ccccsccc1.c1ccccsccc1.c1ccccsccc1. The second kappa shape index (κ2) is 51.0. The summed E-state index contributed by atoms with van der Waals surface area (Å²) in [6.45, 7) is 0. The Morgan fingerprint density at radius 1 is 0.193 bits per heavy atom. The summed E-state index contributed by atoms with van der Waals surface area (Å²) in [5, 5.41) is 24.5. The molecule has 0 radical (unpaired) electrons. The molecular weight excluding hydrogens is 831 g/mol. The number of nitrogens with one attached hydrogen (secondary N) is 1. The van der Waals surface area contributed by atoms with Gasteiger partial charge in [0.25, 0.3) is 0 Å². The van der Waals surface area contributed by atoms with Crippen LogP contribution in [0.4, 0.5) is 0 Å². The summed E-state index contributed by atoms with van der Waals surface area (Å²) in [6.07, 6.45) is 0. The molecule has 0 atom stereocenters. The predicted molar refractivity (Wildman–Crippen MR) is 264 cm³/mol. The lowest BCUT2D eigenvalue weighted by Gasteiger charge is -1.59. The quantitative estimate of drug-likeness (QED) is 0.120. The first-order chi connectivity index (χ1) is 28.4. The fraction of sp³-hybridized carbons (Fsp3) is 0. The van der Waals surface area contributed by atoms with Crippen molar-refractivity contribution in [3.8, 4) is 0 Å². The van der Waals surface area contributed by atoms with Gasteiger partial charge in [0.1, 0.15) is 0 Å². The summed E-state index contributed by atoms with van der Waals surface area (Å²) in [5.41, 5.74) is 0. The predicted octanol–water partition coefficient (Wildman–Crippen LogP) is 17.1. The minimum Gasteiger partial charge on any atom is -0.448 e. The van der Waals surface area contributed by atoms with Crippen molar-refractivity contribution < 1.29 is 4.21 Å². The topological polar surface area (TPSA) is 40.9 Å². The maximum absolute atomic E-state index is 8.57. The molecule has 0 unspecified atom stereocenters. The molecule has 0 aliphatic heterocycles. The van der Waals surface area contributed by atoms with Crippen LogP contribution in [0.2, 0.25) is 0 Å². The number of rotatable bonds is 0. The van der Waals surface area contributed by atoms with Crippen molar-refractivity contribution in [2.75, 3.05) is 0 Å². The minimum absolute atomic E-state index is 0.583. The minimum atomic E-state index is -0.583. The molecular formula is C48H50NOS7-. The maximum Gasteiger partial charge on any atom is -0.00937 e. The Morgan fingerprint density at radius 3 is 0.351 bits per heavy atom. The zero-order valence-electron chi connectivity index (χ0n) is 31.5. The van der Waals surface area contributed by atoms with Crippen LogP contribution in [0.3, 0.4) is 0 Å². The first-order valence-corrected chi connectivity index (χ1v) is 23.7. The van der Waals surface area contributed by atoms with Crippen LogP contribution in [0.25, 0.3) is 0 Å². The molecule has 0 aliphatic carbocycles. The summed E-state index contributed by atoms with van der Waals surface area (Å²) in [7, 11) is 0. The molecule has 0 spiro atoms. The van der Waals surface area contributed by atoms with Gasteiger partial charge >= 0.3 is 0 Å². The Balaban J connectivity index is 0.000000651. The van der Waals surface area contributed by atoms with Crippen molar-refractivity contribution in [1.82, 2.24) is 0 Å². The van der Waals surface area contributed by atoms with Crippen LogP contribution in [0.15, 0.2) is 283 Å². The van der Waals surface area contributed by atoms with Crippen molar-refractivity contribution in [2.24, 2.45) is 0 Å². The average Bonchev–Trinajstić information content (AvgIpc) is 3.75. The Morgan fingerprint density at radius 2 is 0.263 bits per heavy atom. The molecule has 6 rings (SSSR count). The Kier molecular flexibility index (Phi) is 46.6. The van der Waals surface area contributed by atoms with E-state index in [1.54, 1.807) is 68.0 Å². The molecule has 2 nitrogen and oxygen atoms in total. The molecule has 57 heavy (non-hydrogen) atoms. The van der Waals surface area contributed by atoms with E-state index < -0.39 is 11.5 Å². The second-order valence-electron chi connectivity index (χ2n) is 9.47. The molecule has 0 bridgehead atoms. The van der Waals surface area contributed by atoms with Gasteiger partial charge in [-0.2, -0.15) is 68.0 Å². The van der Waals surface area contributed by atoms with Gasteiger partial charge in [-0.25, -0.2) is 11.5 Å². The molecule has 9 heteroatoms. The van der Waals surface area contributed by atoms with Gasteiger partial charge in [-0.3, -0.25) is 0 Å². The third-order valence-corrected chi connectivity index (χ3v) is 8.99. The highest BCUT2D eigenvalue weighted by Crippen LogP contribution is 1.92. The van der Waals surface area contributed by atoms with Crippen LogP contribution >= 0.6 is 68.0 Å². The lowest BCUT2D eigenvalue weighted by Crippen LogP contribution is -1.38. The van der Waals surface area contributed by atoms with Gasteiger partial charge in [0.05, 0.1) is 0 Å². The van der Waals surface area contributed by atoms with Crippen LogP contribution in [0, 0.1) is 4.78 Å². The molecule has 0 fully saturated rings. The van der Waals surface area contributed by atoms with E-state index in [0.29, 0.717) is 0 Å². The number of hydrogen-bond acceptors (Lipinski definition) is 9. The molecule has 6 heterocycles. The normalized spacial score (nSPS) is 7.86. The summed E-state index contributed by atoms with van der Waals surface area (Å²) in [5.74, 6) is 0. The van der Waals surface area contributed by atoms with Crippen molar-refractivity contribution in [3.63, 3.8) is 0 Å². The van der Waals surface area contributed by atoms with E-state index in [1.165, 1.54) is 0 Å². The summed E-state index contributed by atoms with van der Waals surface area (Å²) in [4.78, 5) is 0. The fourth-order valence-electron chi connectivity index (χ4n) is 2.90. The van der Waals surface area contributed by atoms with E-state index in [-0.39, 0.29) is 0 Å². The Labute approximate surface area is 368 Å². The zero-order chi connectivity index (χ0) is 40.9. The van der Waals surface area contributed by atoms with Gasteiger partial charge in [-0.1, -0.05) is 218 Å². The Bertz CT molecular complexity index is 1240. The smallest absolute Gasteiger partial charge is 0.00937 e. The van der Waals surface area contributed by atoms with Crippen LogP contribution in [-0.4, -0.2) is 0 Å². The lowest BCUT2D eigenvalue weighted by atomic mass is 10.5. The molecule has 0 saturated carbocycles. The number of thiol groups is 1. The third kappa shape index (κ3) is 51.0. The van der Waals surface area contributed by atoms with Crippen molar-refractivity contribution in [2.45, 2.75) is 0 Å². The first kappa shape index (κ1) is 52.0. The molecule has 1 N–H and O–H groups in total. The summed E-state index contributed by atoms with van der Waals surface area (Å²) in [6, 6.07) is 72.4. The van der Waals surface area contributed by atoms with E-state index in [4.69, 9.17) is 8.99 Å². The van der Waals surface area contributed by atoms with Crippen molar-refractivity contribution in [3.05, 3.63) is 283 Å². The van der Waals surface area contributed by atoms with Crippen molar-refractivity contribution >= 4 is 79.5 Å². The highest BCUT2D eigenvalue weighted by molar-refractivity contribution is 7.52. The molecule has 6 aromatic rings.